The molecule has 1 aliphatic carbocycles. The van der Waals surface area contributed by atoms with E-state index in [1.54, 1.807) is 6.20 Å². The Morgan fingerprint density at radius 3 is 2.81 bits per heavy atom. The van der Waals surface area contributed by atoms with Gasteiger partial charge in [0.05, 0.1) is 17.0 Å². The summed E-state index contributed by atoms with van der Waals surface area (Å²) in [5.41, 5.74) is 3.23. The summed E-state index contributed by atoms with van der Waals surface area (Å²) in [6.45, 7) is 2.00. The summed E-state index contributed by atoms with van der Waals surface area (Å²) in [5, 5.41) is 14.7. The highest BCUT2D eigenvalue weighted by Crippen LogP contribution is 2.51. The Kier molecular flexibility index (Phi) is 4.06. The number of hydrogen-bond acceptors (Lipinski definition) is 4. The largest absolute Gasteiger partial charge is 0.301 e. The molecule has 0 saturated heterocycles. The number of hydrogen-bond donors (Lipinski definition) is 1. The number of benzene rings is 2. The first-order chi connectivity index (χ1) is 12.6. The van der Waals surface area contributed by atoms with Crippen molar-refractivity contribution < 1.29 is 4.79 Å². The molecule has 0 radical (unpaired) electrons. The number of aromatic nitrogens is 1. The predicted molar refractivity (Wildman–Crippen MR) is 102 cm³/mol. The molecule has 0 unspecified atom stereocenters. The van der Waals surface area contributed by atoms with E-state index in [1.165, 1.54) is 11.3 Å². The van der Waals surface area contributed by atoms with Crippen LogP contribution in [-0.4, -0.2) is 10.9 Å². The van der Waals surface area contributed by atoms with Crippen LogP contribution in [0.4, 0.5) is 5.13 Å². The standard InChI is InChI=1S/C21H17N3OS/c1-21(19(25)24-20-23-9-10-26-20)12-16-8-7-14(13-22)11-17(16)18(21)15-5-3-2-4-6-15/h2-11,18H,12H2,1H3,(H,23,24,25)/t18-,21+/m0/s1. The van der Waals surface area contributed by atoms with Crippen LogP contribution >= 0.6 is 11.3 Å². The summed E-state index contributed by atoms with van der Waals surface area (Å²) in [5.74, 6) is -0.150. The minimum Gasteiger partial charge on any atom is -0.301 e. The van der Waals surface area contributed by atoms with E-state index in [9.17, 15) is 10.1 Å². The predicted octanol–water partition coefficient (Wildman–Crippen LogP) is 4.35. The van der Waals surface area contributed by atoms with Crippen LogP contribution in [0.25, 0.3) is 0 Å². The van der Waals surface area contributed by atoms with Crippen LogP contribution in [0.2, 0.25) is 0 Å². The molecule has 4 rings (SSSR count). The molecule has 4 nitrogen and oxygen atoms in total. The van der Waals surface area contributed by atoms with Crippen molar-refractivity contribution in [3.8, 4) is 6.07 Å². The Morgan fingerprint density at radius 2 is 2.12 bits per heavy atom. The van der Waals surface area contributed by atoms with Gasteiger partial charge in [-0.15, -0.1) is 11.3 Å². The Bertz CT molecular complexity index is 992. The summed E-state index contributed by atoms with van der Waals surface area (Å²) < 4.78 is 0. The molecular weight excluding hydrogens is 342 g/mol. The number of thiazole rings is 1. The quantitative estimate of drug-likeness (QED) is 0.756. The number of amides is 1. The highest BCUT2D eigenvalue weighted by molar-refractivity contribution is 7.13. The van der Waals surface area contributed by atoms with Crippen molar-refractivity contribution >= 4 is 22.4 Å². The Balaban J connectivity index is 1.81. The molecule has 0 bridgehead atoms. The molecule has 1 N–H and O–H groups in total. The molecule has 0 saturated carbocycles. The fourth-order valence-corrected chi connectivity index (χ4v) is 4.39. The normalized spacial score (nSPS) is 21.0. The van der Waals surface area contributed by atoms with E-state index in [0.717, 1.165) is 16.7 Å². The van der Waals surface area contributed by atoms with Gasteiger partial charge in [-0.1, -0.05) is 36.4 Å². The molecule has 0 fully saturated rings. The van der Waals surface area contributed by atoms with Gasteiger partial charge in [-0.2, -0.15) is 5.26 Å². The molecule has 3 aromatic rings. The number of fused-ring (bicyclic) bond motifs is 1. The minimum absolute atomic E-state index is 0.0454. The summed E-state index contributed by atoms with van der Waals surface area (Å²) >= 11 is 1.41. The highest BCUT2D eigenvalue weighted by Gasteiger charge is 2.48. The molecule has 2 atom stereocenters. The van der Waals surface area contributed by atoms with E-state index >= 15 is 0 Å². The van der Waals surface area contributed by atoms with Crippen molar-refractivity contribution in [3.05, 3.63) is 82.4 Å². The zero-order valence-corrected chi connectivity index (χ0v) is 15.1. The maximum absolute atomic E-state index is 13.2. The lowest BCUT2D eigenvalue weighted by Gasteiger charge is -2.31. The SMILES string of the molecule is C[C@@]1(C(=O)Nc2nccs2)Cc2ccc(C#N)cc2[C@@H]1c1ccccc1. The number of nitrogens with zero attached hydrogens (tertiary/aromatic N) is 2. The van der Waals surface area contributed by atoms with Crippen molar-refractivity contribution in [2.24, 2.45) is 5.41 Å². The lowest BCUT2D eigenvalue weighted by atomic mass is 9.73. The van der Waals surface area contributed by atoms with Crippen LogP contribution < -0.4 is 5.32 Å². The lowest BCUT2D eigenvalue weighted by Crippen LogP contribution is -2.37. The topological polar surface area (TPSA) is 65.8 Å². The molecule has 1 aromatic heterocycles. The van der Waals surface area contributed by atoms with Crippen LogP contribution in [-0.2, 0) is 11.2 Å². The Morgan fingerprint density at radius 1 is 1.31 bits per heavy atom. The number of anilines is 1. The third-order valence-electron chi connectivity index (χ3n) is 5.09. The van der Waals surface area contributed by atoms with Gasteiger partial charge in [0.1, 0.15) is 0 Å². The van der Waals surface area contributed by atoms with Crippen LogP contribution in [0.5, 0.6) is 0 Å². The average Bonchev–Trinajstić information content (AvgIpc) is 3.27. The van der Waals surface area contributed by atoms with E-state index in [0.29, 0.717) is 17.1 Å². The second-order valence-corrected chi connectivity index (χ2v) is 7.65. The lowest BCUT2D eigenvalue weighted by molar-refractivity contribution is -0.125. The molecule has 2 aromatic carbocycles. The first-order valence-corrected chi connectivity index (χ1v) is 9.28. The third-order valence-corrected chi connectivity index (χ3v) is 5.77. The monoisotopic (exact) mass is 359 g/mol. The number of rotatable bonds is 3. The van der Waals surface area contributed by atoms with Crippen LogP contribution in [0.1, 0.15) is 35.1 Å². The van der Waals surface area contributed by atoms with Crippen LogP contribution in [0, 0.1) is 16.7 Å². The average molecular weight is 359 g/mol. The highest BCUT2D eigenvalue weighted by atomic mass is 32.1. The van der Waals surface area contributed by atoms with Gasteiger partial charge in [0, 0.05) is 17.5 Å². The summed E-state index contributed by atoms with van der Waals surface area (Å²) in [6.07, 6.45) is 2.31. The Hall–Kier alpha value is -2.97. The fourth-order valence-electron chi connectivity index (χ4n) is 3.86. The second kappa shape index (κ2) is 6.40. The Labute approximate surface area is 156 Å². The van der Waals surface area contributed by atoms with Crippen molar-refractivity contribution in [1.29, 1.82) is 5.26 Å². The molecule has 0 spiro atoms. The first-order valence-electron chi connectivity index (χ1n) is 8.40. The van der Waals surface area contributed by atoms with Crippen molar-refractivity contribution in [3.63, 3.8) is 0 Å². The van der Waals surface area contributed by atoms with Crippen molar-refractivity contribution in [2.45, 2.75) is 19.3 Å². The second-order valence-electron chi connectivity index (χ2n) is 6.75. The molecule has 0 aliphatic heterocycles. The van der Waals surface area contributed by atoms with Crippen LogP contribution in [0.15, 0.2) is 60.1 Å². The molecular formula is C21H17N3OS. The molecule has 1 aliphatic rings. The number of nitriles is 1. The van der Waals surface area contributed by atoms with Gasteiger partial charge < -0.3 is 5.32 Å². The van der Waals surface area contributed by atoms with E-state index in [-0.39, 0.29) is 11.8 Å². The van der Waals surface area contributed by atoms with Gasteiger partial charge in [0.15, 0.2) is 5.13 Å². The number of carbonyl (C=O) groups is 1. The molecule has 1 heterocycles. The zero-order valence-electron chi connectivity index (χ0n) is 14.3. The van der Waals surface area contributed by atoms with Crippen LogP contribution in [0.3, 0.4) is 0 Å². The summed E-state index contributed by atoms with van der Waals surface area (Å²) in [4.78, 5) is 17.4. The van der Waals surface area contributed by atoms with Crippen molar-refractivity contribution in [1.82, 2.24) is 4.98 Å². The zero-order chi connectivity index (χ0) is 18.1. The minimum atomic E-state index is -0.649. The van der Waals surface area contributed by atoms with E-state index < -0.39 is 5.41 Å². The first kappa shape index (κ1) is 16.5. The van der Waals surface area contributed by atoms with Gasteiger partial charge in [0.25, 0.3) is 0 Å². The maximum Gasteiger partial charge on any atom is 0.233 e. The molecule has 26 heavy (non-hydrogen) atoms. The molecule has 5 heteroatoms. The van der Waals surface area contributed by atoms with E-state index in [1.807, 2.05) is 60.8 Å². The van der Waals surface area contributed by atoms with Gasteiger partial charge in [-0.05, 0) is 42.2 Å². The number of nitrogens with one attached hydrogen (secondary N) is 1. The summed E-state index contributed by atoms with van der Waals surface area (Å²) in [7, 11) is 0. The van der Waals surface area contributed by atoms with Crippen molar-refractivity contribution in [2.75, 3.05) is 5.32 Å². The van der Waals surface area contributed by atoms with Gasteiger partial charge >= 0.3 is 0 Å². The summed E-state index contributed by atoms with van der Waals surface area (Å²) in [6, 6.07) is 18.0. The third kappa shape index (κ3) is 2.69. The van der Waals surface area contributed by atoms with Gasteiger partial charge in [0.2, 0.25) is 5.91 Å². The van der Waals surface area contributed by atoms with E-state index in [4.69, 9.17) is 0 Å². The van der Waals surface area contributed by atoms with Gasteiger partial charge in [-0.25, -0.2) is 4.98 Å². The smallest absolute Gasteiger partial charge is 0.233 e. The van der Waals surface area contributed by atoms with Gasteiger partial charge in [-0.3, -0.25) is 4.79 Å². The number of carbonyl (C=O) groups excluding carboxylic acids is 1. The molecule has 1 amide bonds. The fraction of sp³-hybridized carbons (Fsp3) is 0.190. The van der Waals surface area contributed by atoms with E-state index in [2.05, 4.69) is 16.4 Å². The maximum atomic E-state index is 13.2. The molecule has 128 valence electrons.